The summed E-state index contributed by atoms with van der Waals surface area (Å²) in [7, 11) is 0. The molecule has 0 unspecified atom stereocenters. The van der Waals surface area contributed by atoms with Crippen molar-refractivity contribution < 1.29 is 9.90 Å². The van der Waals surface area contributed by atoms with Gasteiger partial charge < -0.3 is 5.11 Å². The number of hydrogen-bond donors (Lipinski definition) is 1. The summed E-state index contributed by atoms with van der Waals surface area (Å²) in [6.45, 7) is 4.12. The second-order valence-electron chi connectivity index (χ2n) is 4.27. The van der Waals surface area contributed by atoms with Gasteiger partial charge in [0.1, 0.15) is 0 Å². The normalized spacial score (nSPS) is 10.5. The number of rotatable bonds is 3. The van der Waals surface area contributed by atoms with Crippen molar-refractivity contribution >= 4 is 33.7 Å². The molecule has 2 aromatic carbocycles. The fraction of sp³-hybridized carbons (Fsp3) is 0.133. The fourth-order valence-corrected chi connectivity index (χ4v) is 3.44. The maximum absolute atomic E-state index is 11.3. The van der Waals surface area contributed by atoms with Gasteiger partial charge in [-0.25, -0.2) is 4.79 Å². The van der Waals surface area contributed by atoms with E-state index in [0.29, 0.717) is 10.0 Å². The highest BCUT2D eigenvalue weighted by molar-refractivity contribution is 9.10. The smallest absolute Gasteiger partial charge is 0.338 e. The van der Waals surface area contributed by atoms with Crippen LogP contribution < -0.4 is 0 Å². The van der Waals surface area contributed by atoms with E-state index in [4.69, 9.17) is 0 Å². The highest BCUT2D eigenvalue weighted by atomic mass is 79.9. The Kier molecular flexibility index (Phi) is 4.32. The third-order valence-corrected chi connectivity index (χ3v) is 4.61. The number of benzene rings is 2. The predicted molar refractivity (Wildman–Crippen MR) is 81.1 cm³/mol. The van der Waals surface area contributed by atoms with Gasteiger partial charge in [-0.3, -0.25) is 0 Å². The molecule has 2 aromatic rings. The Bertz CT molecular complexity index is 638. The molecular weight excluding hydrogens is 324 g/mol. The van der Waals surface area contributed by atoms with Crippen LogP contribution in [0.4, 0.5) is 0 Å². The summed E-state index contributed by atoms with van der Waals surface area (Å²) < 4.78 is 0.605. The Morgan fingerprint density at radius 2 is 1.89 bits per heavy atom. The van der Waals surface area contributed by atoms with E-state index in [1.165, 1.54) is 22.9 Å². The number of carboxylic acid groups (broad SMARTS) is 1. The molecule has 4 heteroatoms. The van der Waals surface area contributed by atoms with Crippen molar-refractivity contribution in [3.63, 3.8) is 0 Å². The molecule has 0 aliphatic carbocycles. The Morgan fingerprint density at radius 3 is 2.53 bits per heavy atom. The Labute approximate surface area is 125 Å². The van der Waals surface area contributed by atoms with E-state index in [0.717, 1.165) is 9.79 Å². The van der Waals surface area contributed by atoms with Crippen LogP contribution in [0.5, 0.6) is 0 Å². The molecule has 0 bridgehead atoms. The van der Waals surface area contributed by atoms with Gasteiger partial charge in [-0.1, -0.05) is 23.9 Å². The van der Waals surface area contributed by atoms with Crippen LogP contribution in [0.15, 0.2) is 50.7 Å². The van der Waals surface area contributed by atoms with Gasteiger partial charge in [0.05, 0.1) is 5.56 Å². The third kappa shape index (κ3) is 3.19. The first-order chi connectivity index (χ1) is 8.99. The third-order valence-electron chi connectivity index (χ3n) is 2.90. The van der Waals surface area contributed by atoms with E-state index in [2.05, 4.69) is 41.9 Å². The summed E-state index contributed by atoms with van der Waals surface area (Å²) in [5.41, 5.74) is 2.75. The van der Waals surface area contributed by atoms with Crippen LogP contribution in [0.2, 0.25) is 0 Å². The summed E-state index contributed by atoms with van der Waals surface area (Å²) in [4.78, 5) is 13.1. The molecule has 0 saturated carbocycles. The van der Waals surface area contributed by atoms with E-state index in [9.17, 15) is 9.90 Å². The molecule has 19 heavy (non-hydrogen) atoms. The molecule has 0 saturated heterocycles. The lowest BCUT2D eigenvalue weighted by atomic mass is 10.1. The topological polar surface area (TPSA) is 37.3 Å². The van der Waals surface area contributed by atoms with Crippen LogP contribution in [-0.4, -0.2) is 11.1 Å². The molecule has 0 heterocycles. The fourth-order valence-electron chi connectivity index (χ4n) is 1.70. The molecule has 0 amide bonds. The minimum atomic E-state index is -0.918. The average molecular weight is 337 g/mol. The molecule has 0 aromatic heterocycles. The lowest BCUT2D eigenvalue weighted by Crippen LogP contribution is -2.00. The Balaban J connectivity index is 2.40. The van der Waals surface area contributed by atoms with E-state index in [1.54, 1.807) is 6.07 Å². The second-order valence-corrected chi connectivity index (χ2v) is 6.24. The van der Waals surface area contributed by atoms with Crippen LogP contribution in [0.1, 0.15) is 21.5 Å². The lowest BCUT2D eigenvalue weighted by Gasteiger charge is -2.09. The first-order valence-corrected chi connectivity index (χ1v) is 7.37. The summed E-state index contributed by atoms with van der Waals surface area (Å²) in [5, 5.41) is 9.28. The molecule has 1 N–H and O–H groups in total. The highest BCUT2D eigenvalue weighted by Crippen LogP contribution is 2.34. The van der Waals surface area contributed by atoms with E-state index < -0.39 is 5.97 Å². The number of carboxylic acids is 1. The van der Waals surface area contributed by atoms with Gasteiger partial charge >= 0.3 is 5.97 Å². The van der Waals surface area contributed by atoms with Crippen LogP contribution >= 0.6 is 27.7 Å². The standard InChI is InChI=1S/C15H13BrO2S/c1-9-6-7-11(8-10(9)2)19-13-5-3-4-12(16)14(13)15(17)18/h3-8H,1-2H3,(H,17,18). The van der Waals surface area contributed by atoms with Crippen LogP contribution in [-0.2, 0) is 0 Å². The van der Waals surface area contributed by atoms with Gasteiger partial charge in [-0.05, 0) is 65.2 Å². The van der Waals surface area contributed by atoms with Crippen LogP contribution in [0.3, 0.4) is 0 Å². The number of hydrogen-bond acceptors (Lipinski definition) is 2. The monoisotopic (exact) mass is 336 g/mol. The molecule has 2 rings (SSSR count). The molecule has 0 radical (unpaired) electrons. The van der Waals surface area contributed by atoms with E-state index >= 15 is 0 Å². The molecule has 98 valence electrons. The number of aryl methyl sites for hydroxylation is 2. The maximum atomic E-state index is 11.3. The Morgan fingerprint density at radius 1 is 1.16 bits per heavy atom. The van der Waals surface area contributed by atoms with Gasteiger partial charge in [0.25, 0.3) is 0 Å². The van der Waals surface area contributed by atoms with Crippen molar-refractivity contribution in [2.45, 2.75) is 23.6 Å². The Hall–Kier alpha value is -1.26. The molecule has 2 nitrogen and oxygen atoms in total. The first kappa shape index (κ1) is 14.2. The van der Waals surface area contributed by atoms with Gasteiger partial charge in [0, 0.05) is 14.3 Å². The van der Waals surface area contributed by atoms with Gasteiger partial charge in [0.2, 0.25) is 0 Å². The molecule has 0 atom stereocenters. The SMILES string of the molecule is Cc1ccc(Sc2cccc(Br)c2C(=O)O)cc1C. The minimum Gasteiger partial charge on any atom is -0.478 e. The quantitative estimate of drug-likeness (QED) is 0.864. The van der Waals surface area contributed by atoms with Crippen LogP contribution in [0.25, 0.3) is 0 Å². The van der Waals surface area contributed by atoms with Gasteiger partial charge in [0.15, 0.2) is 0 Å². The average Bonchev–Trinajstić information content (AvgIpc) is 2.33. The van der Waals surface area contributed by atoms with Crippen LogP contribution in [0, 0.1) is 13.8 Å². The summed E-state index contributed by atoms with van der Waals surface area (Å²) >= 11 is 4.76. The zero-order valence-corrected chi connectivity index (χ0v) is 13.0. The molecule has 0 spiro atoms. The predicted octanol–water partition coefficient (Wildman–Crippen LogP) is 4.92. The highest BCUT2D eigenvalue weighted by Gasteiger charge is 2.14. The van der Waals surface area contributed by atoms with Crippen molar-refractivity contribution in [1.29, 1.82) is 0 Å². The summed E-state index contributed by atoms with van der Waals surface area (Å²) in [5.74, 6) is -0.918. The zero-order valence-electron chi connectivity index (χ0n) is 10.6. The van der Waals surface area contributed by atoms with Crippen molar-refractivity contribution in [2.24, 2.45) is 0 Å². The minimum absolute atomic E-state index is 0.311. The van der Waals surface area contributed by atoms with Crippen molar-refractivity contribution in [1.82, 2.24) is 0 Å². The molecule has 0 aliphatic heterocycles. The number of halogens is 1. The van der Waals surface area contributed by atoms with E-state index in [-0.39, 0.29) is 0 Å². The van der Waals surface area contributed by atoms with Crippen molar-refractivity contribution in [3.05, 3.63) is 57.6 Å². The maximum Gasteiger partial charge on any atom is 0.338 e. The summed E-state index contributed by atoms with van der Waals surface area (Å²) in [6, 6.07) is 11.6. The van der Waals surface area contributed by atoms with Crippen molar-refractivity contribution in [2.75, 3.05) is 0 Å². The lowest BCUT2D eigenvalue weighted by molar-refractivity contribution is 0.0692. The number of aromatic carboxylic acids is 1. The number of carbonyl (C=O) groups is 1. The zero-order chi connectivity index (χ0) is 14.0. The molecule has 0 aliphatic rings. The first-order valence-electron chi connectivity index (χ1n) is 5.76. The van der Waals surface area contributed by atoms with Gasteiger partial charge in [-0.15, -0.1) is 0 Å². The van der Waals surface area contributed by atoms with Crippen molar-refractivity contribution in [3.8, 4) is 0 Å². The summed E-state index contributed by atoms with van der Waals surface area (Å²) in [6.07, 6.45) is 0. The largest absolute Gasteiger partial charge is 0.478 e. The second kappa shape index (κ2) is 5.80. The van der Waals surface area contributed by atoms with E-state index in [1.807, 2.05) is 18.2 Å². The molecular formula is C15H13BrO2S. The van der Waals surface area contributed by atoms with Gasteiger partial charge in [-0.2, -0.15) is 0 Å². The molecule has 0 fully saturated rings.